The predicted octanol–water partition coefficient (Wildman–Crippen LogP) is 2.83. The van der Waals surface area contributed by atoms with Crippen molar-refractivity contribution in [3.8, 4) is 0 Å². The van der Waals surface area contributed by atoms with E-state index in [2.05, 4.69) is 31.5 Å². The fraction of sp³-hybridized carbons (Fsp3) is 0.385. The van der Waals surface area contributed by atoms with E-state index in [9.17, 15) is 9.18 Å². The molecule has 0 aliphatic carbocycles. The van der Waals surface area contributed by atoms with Gasteiger partial charge in [0.1, 0.15) is 11.9 Å². The van der Waals surface area contributed by atoms with Gasteiger partial charge < -0.3 is 14.6 Å². The number of aromatic nitrogens is 5. The van der Waals surface area contributed by atoms with E-state index in [1.165, 1.54) is 6.07 Å². The fourth-order valence-corrected chi connectivity index (χ4v) is 4.97. The summed E-state index contributed by atoms with van der Waals surface area (Å²) in [6.07, 6.45) is 0. The number of anilines is 1. The van der Waals surface area contributed by atoms with E-state index in [-0.39, 0.29) is 11.4 Å². The van der Waals surface area contributed by atoms with Gasteiger partial charge in [-0.15, -0.1) is 5.10 Å². The molecule has 10 heteroatoms. The van der Waals surface area contributed by atoms with E-state index in [4.69, 9.17) is 4.74 Å². The van der Waals surface area contributed by atoms with Crippen LogP contribution in [0, 0.1) is 19.7 Å². The molecule has 2 aromatic carbocycles. The standard InChI is InChI=1S/C26H30FN7O2/c1-17-8-9-18(2)23-19(17)16-20(26(35)28-23)24(25-29-30-31-34(25)14-15-36-3)33-12-10-32(11-13-33)22-7-5-4-6-21(22)27/h4-9,16,24H,10-15H2,1-3H3,(H,28,35)/t24-/m0/s1. The Hall–Kier alpha value is -3.63. The van der Waals surface area contributed by atoms with E-state index >= 15 is 0 Å². The summed E-state index contributed by atoms with van der Waals surface area (Å²) in [7, 11) is 1.63. The Morgan fingerprint density at radius 1 is 1.08 bits per heavy atom. The van der Waals surface area contributed by atoms with Gasteiger partial charge >= 0.3 is 0 Å². The molecule has 5 rings (SSSR count). The van der Waals surface area contributed by atoms with Crippen LogP contribution in [-0.2, 0) is 11.3 Å². The molecule has 2 aromatic heterocycles. The van der Waals surface area contributed by atoms with Crippen LogP contribution in [0.1, 0.15) is 28.6 Å². The second-order valence-corrected chi connectivity index (χ2v) is 9.17. The molecule has 0 bridgehead atoms. The van der Waals surface area contributed by atoms with Crippen molar-refractivity contribution in [3.05, 3.63) is 81.2 Å². The molecule has 0 spiro atoms. The molecule has 0 saturated carbocycles. The fourth-order valence-electron chi connectivity index (χ4n) is 4.97. The Morgan fingerprint density at radius 2 is 1.83 bits per heavy atom. The van der Waals surface area contributed by atoms with Crippen molar-refractivity contribution >= 4 is 16.6 Å². The van der Waals surface area contributed by atoms with Crippen molar-refractivity contribution in [3.63, 3.8) is 0 Å². The number of hydrogen-bond acceptors (Lipinski definition) is 7. The number of nitrogens with zero attached hydrogens (tertiary/aromatic N) is 6. The lowest BCUT2D eigenvalue weighted by Crippen LogP contribution is -2.49. The minimum Gasteiger partial charge on any atom is -0.383 e. The van der Waals surface area contributed by atoms with Crippen LogP contribution < -0.4 is 10.5 Å². The average molecular weight is 492 g/mol. The molecule has 1 atom stereocenters. The number of ether oxygens (including phenoxy) is 1. The number of H-pyrrole nitrogens is 1. The number of benzene rings is 2. The summed E-state index contributed by atoms with van der Waals surface area (Å²) in [5, 5.41) is 13.4. The second kappa shape index (κ2) is 10.2. The van der Waals surface area contributed by atoms with E-state index in [0.717, 1.165) is 22.0 Å². The van der Waals surface area contributed by atoms with Crippen LogP contribution in [0.4, 0.5) is 10.1 Å². The molecule has 1 saturated heterocycles. The molecular weight excluding hydrogens is 461 g/mol. The molecular formula is C26H30FN7O2. The van der Waals surface area contributed by atoms with Gasteiger partial charge in [-0.1, -0.05) is 24.3 Å². The smallest absolute Gasteiger partial charge is 0.253 e. The second-order valence-electron chi connectivity index (χ2n) is 9.17. The Morgan fingerprint density at radius 3 is 2.58 bits per heavy atom. The highest BCUT2D eigenvalue weighted by Crippen LogP contribution is 2.30. The van der Waals surface area contributed by atoms with Gasteiger partial charge in [0.2, 0.25) is 0 Å². The third-order valence-corrected chi connectivity index (χ3v) is 6.95. The highest BCUT2D eigenvalue weighted by molar-refractivity contribution is 5.85. The van der Waals surface area contributed by atoms with Gasteiger partial charge in [-0.2, -0.15) is 0 Å². The third kappa shape index (κ3) is 4.49. The van der Waals surface area contributed by atoms with Crippen molar-refractivity contribution in [1.29, 1.82) is 0 Å². The van der Waals surface area contributed by atoms with Crippen molar-refractivity contribution in [1.82, 2.24) is 30.1 Å². The van der Waals surface area contributed by atoms with E-state index in [1.807, 2.05) is 36.9 Å². The van der Waals surface area contributed by atoms with Gasteiger partial charge in [-0.3, -0.25) is 9.69 Å². The summed E-state index contributed by atoms with van der Waals surface area (Å²) in [5.74, 6) is 0.351. The van der Waals surface area contributed by atoms with Crippen LogP contribution >= 0.6 is 0 Å². The molecule has 0 unspecified atom stereocenters. The summed E-state index contributed by atoms with van der Waals surface area (Å²) in [6, 6.07) is 12.4. The number of piperazine rings is 1. The normalized spacial score (nSPS) is 15.5. The number of fused-ring (bicyclic) bond motifs is 1. The topological polar surface area (TPSA) is 92.2 Å². The molecule has 188 valence electrons. The molecule has 1 aliphatic heterocycles. The number of halogens is 1. The van der Waals surface area contributed by atoms with E-state index in [1.54, 1.807) is 23.9 Å². The van der Waals surface area contributed by atoms with Crippen molar-refractivity contribution in [2.75, 3.05) is 44.8 Å². The highest BCUT2D eigenvalue weighted by Gasteiger charge is 2.33. The molecule has 3 heterocycles. The Balaban J connectivity index is 1.55. The number of methoxy groups -OCH3 is 1. The minimum atomic E-state index is -0.465. The largest absolute Gasteiger partial charge is 0.383 e. The van der Waals surface area contributed by atoms with Crippen LogP contribution in [0.15, 0.2) is 47.3 Å². The zero-order valence-electron chi connectivity index (χ0n) is 20.7. The van der Waals surface area contributed by atoms with Crippen molar-refractivity contribution < 1.29 is 9.13 Å². The van der Waals surface area contributed by atoms with Crippen molar-refractivity contribution in [2.24, 2.45) is 0 Å². The maximum absolute atomic E-state index is 14.4. The van der Waals surface area contributed by atoms with Crippen LogP contribution in [0.2, 0.25) is 0 Å². The first kappa shape index (κ1) is 24.1. The SMILES string of the molecule is COCCn1nnnc1[C@H](c1cc2c(C)ccc(C)c2[nH]c1=O)N1CCN(c2ccccc2F)CC1. The van der Waals surface area contributed by atoms with E-state index in [0.29, 0.717) is 56.4 Å². The first-order valence-electron chi connectivity index (χ1n) is 12.1. The Kier molecular flexibility index (Phi) is 6.80. The van der Waals surface area contributed by atoms with Crippen LogP contribution in [-0.4, -0.2) is 70.0 Å². The number of rotatable bonds is 7. The quantitative estimate of drug-likeness (QED) is 0.425. The average Bonchev–Trinajstić information content (AvgIpc) is 3.35. The number of pyridine rings is 1. The summed E-state index contributed by atoms with van der Waals surface area (Å²) in [5.41, 5.74) is 3.94. The summed E-state index contributed by atoms with van der Waals surface area (Å²) in [4.78, 5) is 20.8. The molecule has 0 amide bonds. The maximum Gasteiger partial charge on any atom is 0.253 e. The van der Waals surface area contributed by atoms with Crippen LogP contribution in [0.5, 0.6) is 0 Å². The molecule has 9 nitrogen and oxygen atoms in total. The lowest BCUT2D eigenvalue weighted by atomic mass is 9.99. The zero-order chi connectivity index (χ0) is 25.2. The number of para-hydroxylation sites is 1. The van der Waals surface area contributed by atoms with Gasteiger partial charge in [-0.05, 0) is 53.6 Å². The van der Waals surface area contributed by atoms with Gasteiger partial charge in [0.05, 0.1) is 24.4 Å². The first-order chi connectivity index (χ1) is 17.5. The molecule has 1 aliphatic rings. The van der Waals surface area contributed by atoms with E-state index < -0.39 is 6.04 Å². The molecule has 1 N–H and O–H groups in total. The number of aryl methyl sites for hydroxylation is 2. The molecule has 4 aromatic rings. The Labute approximate surface area is 208 Å². The summed E-state index contributed by atoms with van der Waals surface area (Å²) in [6.45, 7) is 7.38. The summed E-state index contributed by atoms with van der Waals surface area (Å²) >= 11 is 0. The van der Waals surface area contributed by atoms with Gasteiger partial charge in [0.25, 0.3) is 5.56 Å². The van der Waals surface area contributed by atoms with Gasteiger partial charge in [0.15, 0.2) is 5.82 Å². The van der Waals surface area contributed by atoms with Crippen molar-refractivity contribution in [2.45, 2.75) is 26.4 Å². The van der Waals surface area contributed by atoms with Gasteiger partial charge in [-0.25, -0.2) is 9.07 Å². The summed E-state index contributed by atoms with van der Waals surface area (Å²) < 4.78 is 21.4. The minimum absolute atomic E-state index is 0.168. The molecule has 36 heavy (non-hydrogen) atoms. The van der Waals surface area contributed by atoms with Crippen LogP contribution in [0.25, 0.3) is 10.9 Å². The lowest BCUT2D eigenvalue weighted by molar-refractivity contribution is 0.171. The number of nitrogens with one attached hydrogen (secondary N) is 1. The highest BCUT2D eigenvalue weighted by atomic mass is 19.1. The van der Waals surface area contributed by atoms with Crippen LogP contribution in [0.3, 0.4) is 0 Å². The molecule has 1 fully saturated rings. The van der Waals surface area contributed by atoms with Gasteiger partial charge in [0, 0.05) is 44.2 Å². The zero-order valence-corrected chi connectivity index (χ0v) is 20.7. The first-order valence-corrected chi connectivity index (χ1v) is 12.1. The number of hydrogen-bond donors (Lipinski definition) is 1. The number of tetrazole rings is 1. The lowest BCUT2D eigenvalue weighted by Gasteiger charge is -2.39. The Bertz CT molecular complexity index is 1430. The number of aromatic amines is 1. The third-order valence-electron chi connectivity index (χ3n) is 6.95. The monoisotopic (exact) mass is 491 g/mol. The maximum atomic E-state index is 14.4. The molecule has 0 radical (unpaired) electrons. The predicted molar refractivity (Wildman–Crippen MR) is 136 cm³/mol.